The molecule has 0 aliphatic rings. The van der Waals surface area contributed by atoms with Gasteiger partial charge in [-0.3, -0.25) is 14.4 Å². The number of aldehydes is 1. The maximum Gasteiger partial charge on any atom is 0.312 e. The van der Waals surface area contributed by atoms with Crippen molar-refractivity contribution >= 4 is 29.9 Å². The first-order chi connectivity index (χ1) is 20.3. The van der Waals surface area contributed by atoms with Crippen LogP contribution >= 0.6 is 0 Å². The Morgan fingerprint density at radius 1 is 0.864 bits per heavy atom. The average Bonchev–Trinajstić information content (AvgIpc) is 2.93. The van der Waals surface area contributed by atoms with E-state index in [2.05, 4.69) is 61.2 Å². The summed E-state index contributed by atoms with van der Waals surface area (Å²) in [5.41, 5.74) is 5.21. The van der Waals surface area contributed by atoms with Crippen molar-refractivity contribution < 1.29 is 28.7 Å². The fourth-order valence-corrected chi connectivity index (χ4v) is 3.63. The molecule has 3 unspecified atom stereocenters. The van der Waals surface area contributed by atoms with E-state index in [9.17, 15) is 24.0 Å². The van der Waals surface area contributed by atoms with E-state index in [0.29, 0.717) is 19.3 Å². The van der Waals surface area contributed by atoms with Crippen LogP contribution in [-0.2, 0) is 23.9 Å². The molecule has 4 amide bonds. The summed E-state index contributed by atoms with van der Waals surface area (Å²) < 4.78 is 5.63. The van der Waals surface area contributed by atoms with Crippen LogP contribution in [0.25, 0.3) is 0 Å². The van der Waals surface area contributed by atoms with Crippen LogP contribution < -0.4 is 32.3 Å². The van der Waals surface area contributed by atoms with Crippen LogP contribution in [0.5, 0.6) is 0 Å². The molecule has 0 heterocycles. The van der Waals surface area contributed by atoms with Crippen LogP contribution in [0.4, 0.5) is 4.79 Å². The van der Waals surface area contributed by atoms with Gasteiger partial charge in [-0.1, -0.05) is 41.5 Å². The standard InChI is InChI=1S/C20H37N5O5.C10H23NO.C2H6/c1-12(2)16(25-18(28)15(22-5)9-7-11-26)19(29)24-14(17(27)13(3)4)8-6-10-23-20(21)30;1-9(2,3)12-8-7-10(4,5)11-6;1-2/h11-16,22H,6-10H2,1-5H3,(H,24,29)(H,25,28)(H3,21,23,30);11H,7-8H2,1-6H3;1-2H3. The van der Waals surface area contributed by atoms with Gasteiger partial charge in [0.2, 0.25) is 11.8 Å². The number of Topliss-reactive ketones (excluding diaryl/α,β-unsaturated/α-hetero) is 1. The molecule has 3 atom stereocenters. The molecule has 12 heteroatoms. The lowest BCUT2D eigenvalue weighted by molar-refractivity contribution is -0.133. The van der Waals surface area contributed by atoms with Crippen LogP contribution in [0.2, 0.25) is 0 Å². The SMILES string of the molecule is CC.CNC(C)(C)CCOC(C)(C)C.CNC(CCC=O)C(=O)NC(C(=O)NC(CCCNC(N)=O)C(=O)C(C)C)C(C)C. The Labute approximate surface area is 267 Å². The first kappa shape index (κ1) is 45.9. The number of carbonyl (C=O) groups is 5. The Bertz CT molecular complexity index is 827. The molecule has 0 bridgehead atoms. The number of primary amides is 1. The summed E-state index contributed by atoms with van der Waals surface area (Å²) >= 11 is 0. The molecule has 0 saturated heterocycles. The molecule has 0 aromatic carbocycles. The van der Waals surface area contributed by atoms with E-state index in [-0.39, 0.29) is 47.6 Å². The Morgan fingerprint density at radius 2 is 1.43 bits per heavy atom. The summed E-state index contributed by atoms with van der Waals surface area (Å²) in [6.07, 6.45) is 3.11. The fraction of sp³-hybridized carbons (Fsp3) is 0.844. The molecule has 0 aromatic heterocycles. The minimum absolute atomic E-state index is 0.0101. The number of amides is 4. The van der Waals surface area contributed by atoms with Gasteiger partial charge in [-0.2, -0.15) is 0 Å². The van der Waals surface area contributed by atoms with Gasteiger partial charge in [-0.05, 0) is 80.3 Å². The van der Waals surface area contributed by atoms with Gasteiger partial charge in [0.1, 0.15) is 12.3 Å². The summed E-state index contributed by atoms with van der Waals surface area (Å²) in [6.45, 7) is 22.8. The van der Waals surface area contributed by atoms with E-state index < -0.39 is 30.1 Å². The van der Waals surface area contributed by atoms with Crippen LogP contribution in [0.15, 0.2) is 0 Å². The van der Waals surface area contributed by atoms with Gasteiger partial charge in [-0.15, -0.1) is 0 Å². The van der Waals surface area contributed by atoms with Crippen molar-refractivity contribution in [1.82, 2.24) is 26.6 Å². The van der Waals surface area contributed by atoms with E-state index in [1.807, 2.05) is 20.9 Å². The first-order valence-corrected chi connectivity index (χ1v) is 15.9. The lowest BCUT2D eigenvalue weighted by Crippen LogP contribution is -2.57. The van der Waals surface area contributed by atoms with Crippen LogP contribution in [0.1, 0.15) is 108 Å². The number of nitrogens with two attached hydrogens (primary N) is 1. The van der Waals surface area contributed by atoms with Crippen molar-refractivity contribution in [1.29, 1.82) is 0 Å². The Morgan fingerprint density at radius 3 is 1.84 bits per heavy atom. The molecule has 0 saturated carbocycles. The topological polar surface area (TPSA) is 181 Å². The van der Waals surface area contributed by atoms with Gasteiger partial charge in [0.25, 0.3) is 0 Å². The number of ether oxygens (including phenoxy) is 1. The van der Waals surface area contributed by atoms with E-state index in [1.165, 1.54) is 0 Å². The summed E-state index contributed by atoms with van der Waals surface area (Å²) in [7, 11) is 3.59. The number of nitrogens with one attached hydrogen (secondary N) is 5. The minimum atomic E-state index is -0.837. The van der Waals surface area contributed by atoms with Crippen molar-refractivity contribution in [3.8, 4) is 0 Å². The number of hydrogen-bond donors (Lipinski definition) is 6. The number of rotatable bonds is 19. The smallest absolute Gasteiger partial charge is 0.312 e. The minimum Gasteiger partial charge on any atom is -0.376 e. The van der Waals surface area contributed by atoms with Gasteiger partial charge < -0.3 is 41.8 Å². The predicted octanol–water partition coefficient (Wildman–Crippen LogP) is 3.07. The molecule has 260 valence electrons. The summed E-state index contributed by atoms with van der Waals surface area (Å²) in [4.78, 5) is 59.3. The normalized spacial score (nSPS) is 13.3. The number of urea groups is 1. The first-order valence-electron chi connectivity index (χ1n) is 15.9. The molecule has 0 aliphatic heterocycles. The molecule has 0 spiro atoms. The van der Waals surface area contributed by atoms with Crippen LogP contribution in [-0.4, -0.2) is 86.4 Å². The molecule has 0 radical (unpaired) electrons. The zero-order chi connectivity index (χ0) is 35.1. The van der Waals surface area contributed by atoms with Crippen molar-refractivity contribution in [3.63, 3.8) is 0 Å². The second-order valence-electron chi connectivity index (χ2n) is 12.7. The second-order valence-corrected chi connectivity index (χ2v) is 12.7. The zero-order valence-corrected chi connectivity index (χ0v) is 29.9. The number of hydrogen-bond acceptors (Lipinski definition) is 8. The van der Waals surface area contributed by atoms with E-state index >= 15 is 0 Å². The molecule has 7 N–H and O–H groups in total. The molecule has 0 rings (SSSR count). The van der Waals surface area contributed by atoms with Crippen LogP contribution in [0.3, 0.4) is 0 Å². The fourth-order valence-electron chi connectivity index (χ4n) is 3.63. The highest BCUT2D eigenvalue weighted by Gasteiger charge is 2.31. The van der Waals surface area contributed by atoms with Crippen molar-refractivity contribution in [2.24, 2.45) is 17.6 Å². The Balaban J connectivity index is -0.000001000. The maximum atomic E-state index is 12.9. The largest absolute Gasteiger partial charge is 0.376 e. The zero-order valence-electron chi connectivity index (χ0n) is 29.9. The summed E-state index contributed by atoms with van der Waals surface area (Å²) in [5, 5.41) is 14.0. The molecule has 0 fully saturated rings. The van der Waals surface area contributed by atoms with E-state index in [0.717, 1.165) is 19.3 Å². The van der Waals surface area contributed by atoms with Gasteiger partial charge >= 0.3 is 6.03 Å². The molecular weight excluding hydrogens is 564 g/mol. The summed E-state index contributed by atoms with van der Waals surface area (Å²) in [5.74, 6) is -1.47. The lowest BCUT2D eigenvalue weighted by Gasteiger charge is -2.27. The van der Waals surface area contributed by atoms with Gasteiger partial charge in [0, 0.05) is 31.0 Å². The molecule has 0 aliphatic carbocycles. The van der Waals surface area contributed by atoms with Gasteiger partial charge in [-0.25, -0.2) is 4.79 Å². The molecule has 0 aromatic rings. The number of carbonyl (C=O) groups excluding carboxylic acids is 5. The third-order valence-electron chi connectivity index (χ3n) is 6.62. The predicted molar refractivity (Wildman–Crippen MR) is 178 cm³/mol. The average molecular weight is 631 g/mol. The number of ketones is 1. The third-order valence-corrected chi connectivity index (χ3v) is 6.62. The summed E-state index contributed by atoms with van der Waals surface area (Å²) in [6, 6.07) is -2.82. The maximum absolute atomic E-state index is 12.9. The van der Waals surface area contributed by atoms with Crippen LogP contribution in [0, 0.1) is 11.8 Å². The highest BCUT2D eigenvalue weighted by atomic mass is 16.5. The van der Waals surface area contributed by atoms with E-state index in [1.54, 1.807) is 34.7 Å². The molecule has 44 heavy (non-hydrogen) atoms. The highest BCUT2D eigenvalue weighted by molar-refractivity contribution is 5.94. The monoisotopic (exact) mass is 631 g/mol. The second kappa shape index (κ2) is 24.7. The van der Waals surface area contributed by atoms with Crippen molar-refractivity contribution in [3.05, 3.63) is 0 Å². The Kier molecular flexibility index (Phi) is 25.8. The van der Waals surface area contributed by atoms with Gasteiger partial charge in [0.05, 0.1) is 17.7 Å². The number of likely N-dealkylation sites (N-methyl/N-ethyl adjacent to an activating group) is 1. The van der Waals surface area contributed by atoms with Crippen molar-refractivity contribution in [2.45, 2.75) is 138 Å². The van der Waals surface area contributed by atoms with Gasteiger partial charge in [0.15, 0.2) is 5.78 Å². The van der Waals surface area contributed by atoms with Crippen molar-refractivity contribution in [2.75, 3.05) is 27.2 Å². The van der Waals surface area contributed by atoms with E-state index in [4.69, 9.17) is 10.5 Å². The highest BCUT2D eigenvalue weighted by Crippen LogP contribution is 2.12. The Hall–Kier alpha value is -2.57. The molecular formula is C32H66N6O6. The third kappa shape index (κ3) is 23.8. The quantitative estimate of drug-likeness (QED) is 0.0930. The lowest BCUT2D eigenvalue weighted by atomic mass is 9.96. The molecule has 12 nitrogen and oxygen atoms in total.